The molecule has 0 aromatic carbocycles. The van der Waals surface area contributed by atoms with Crippen molar-refractivity contribution in [3.63, 3.8) is 0 Å². The van der Waals surface area contributed by atoms with Crippen LogP contribution in [0.4, 0.5) is 0 Å². The van der Waals surface area contributed by atoms with E-state index in [1.165, 1.54) is 70.6 Å². The quantitative estimate of drug-likeness (QED) is 0.0284. The van der Waals surface area contributed by atoms with Crippen molar-refractivity contribution >= 4 is 17.9 Å². The van der Waals surface area contributed by atoms with Gasteiger partial charge in [-0.15, -0.1) is 0 Å². The highest BCUT2D eigenvalue weighted by molar-refractivity contribution is 5.73. The lowest BCUT2D eigenvalue weighted by molar-refractivity contribution is -0.298. The summed E-state index contributed by atoms with van der Waals surface area (Å²) in [5.74, 6) is -2.46. The minimum atomic E-state index is -1.86. The monoisotopic (exact) mass is 755 g/mol. The fraction of sp³-hybridized carbons (Fsp3) is 0.833. The first-order chi connectivity index (χ1) is 25.7. The molecule has 1 fully saturated rings. The van der Waals surface area contributed by atoms with Crippen molar-refractivity contribution in [3.05, 3.63) is 24.3 Å². The summed E-state index contributed by atoms with van der Waals surface area (Å²) >= 11 is 0. The zero-order chi connectivity index (χ0) is 38.9. The first-order valence-electron chi connectivity index (χ1n) is 20.9. The van der Waals surface area contributed by atoms with Crippen LogP contribution < -0.4 is 0 Å². The van der Waals surface area contributed by atoms with Crippen LogP contribution in [0.15, 0.2) is 24.3 Å². The Bertz CT molecular complexity index is 984. The van der Waals surface area contributed by atoms with Gasteiger partial charge in [0.05, 0.1) is 6.61 Å². The van der Waals surface area contributed by atoms with Crippen LogP contribution in [0.1, 0.15) is 174 Å². The van der Waals surface area contributed by atoms with Gasteiger partial charge in [0.1, 0.15) is 24.9 Å². The number of aliphatic hydroxyl groups excluding tert-OH is 3. The van der Waals surface area contributed by atoms with Crippen molar-refractivity contribution < 1.29 is 53.8 Å². The maximum Gasteiger partial charge on any atom is 0.335 e. The molecule has 1 rings (SSSR count). The van der Waals surface area contributed by atoms with Gasteiger partial charge in [-0.05, 0) is 44.9 Å². The second-order valence-corrected chi connectivity index (χ2v) is 14.5. The maximum atomic E-state index is 12.7. The van der Waals surface area contributed by atoms with Crippen LogP contribution in [0.3, 0.4) is 0 Å². The number of hydrogen-bond acceptors (Lipinski definition) is 10. The molecule has 6 unspecified atom stereocenters. The molecule has 53 heavy (non-hydrogen) atoms. The van der Waals surface area contributed by atoms with Crippen LogP contribution >= 0.6 is 0 Å². The predicted octanol–water partition coefficient (Wildman–Crippen LogP) is 8.25. The second kappa shape index (κ2) is 33.1. The average Bonchev–Trinajstić information content (AvgIpc) is 3.14. The van der Waals surface area contributed by atoms with E-state index in [9.17, 15) is 34.8 Å². The number of allylic oxidation sites excluding steroid dienone is 4. The number of carboxylic acid groups (broad SMARTS) is 1. The third kappa shape index (κ3) is 25.4. The lowest BCUT2D eigenvalue weighted by Gasteiger charge is -2.38. The summed E-state index contributed by atoms with van der Waals surface area (Å²) in [6, 6.07) is 0. The molecule has 0 aromatic heterocycles. The largest absolute Gasteiger partial charge is 0.479 e. The fourth-order valence-corrected chi connectivity index (χ4v) is 6.20. The van der Waals surface area contributed by atoms with Crippen molar-refractivity contribution in [2.24, 2.45) is 0 Å². The van der Waals surface area contributed by atoms with E-state index in [-0.39, 0.29) is 19.4 Å². The number of ether oxygens (including phenoxy) is 4. The van der Waals surface area contributed by atoms with E-state index < -0.39 is 61.3 Å². The third-order valence-corrected chi connectivity index (χ3v) is 9.55. The highest BCUT2D eigenvalue weighted by Crippen LogP contribution is 2.23. The summed E-state index contributed by atoms with van der Waals surface area (Å²) in [7, 11) is 0. The van der Waals surface area contributed by atoms with Gasteiger partial charge in [0.15, 0.2) is 18.5 Å². The number of carboxylic acids is 1. The first-order valence-corrected chi connectivity index (χ1v) is 20.9. The molecule has 308 valence electrons. The number of carbonyl (C=O) groups is 3. The molecule has 0 saturated carbocycles. The standard InChI is InChI=1S/C42H74O11/c1-3-5-7-9-11-13-15-17-18-19-21-22-24-26-28-30-35(43)50-32-34(33-51-42-39(47)37(45)38(46)40(53-42)41(48)49)52-36(44)31-29-27-25-23-20-16-14-12-10-8-6-4-2/h11,13,17-18,34,37-40,42,45-47H,3-10,12,14-16,19-33H2,1-2H3,(H,48,49)/b13-11-,18-17-. The van der Waals surface area contributed by atoms with Gasteiger partial charge in [0, 0.05) is 12.8 Å². The first kappa shape index (κ1) is 48.7. The van der Waals surface area contributed by atoms with Gasteiger partial charge >= 0.3 is 17.9 Å². The highest BCUT2D eigenvalue weighted by Gasteiger charge is 2.47. The van der Waals surface area contributed by atoms with Crippen molar-refractivity contribution in [1.82, 2.24) is 0 Å². The molecule has 0 amide bonds. The average molecular weight is 755 g/mol. The molecule has 0 aliphatic carbocycles. The van der Waals surface area contributed by atoms with Gasteiger partial charge < -0.3 is 39.4 Å². The lowest BCUT2D eigenvalue weighted by atomic mass is 9.99. The Kier molecular flexibility index (Phi) is 30.4. The number of carbonyl (C=O) groups excluding carboxylic acids is 2. The molecule has 6 atom stereocenters. The molecule has 1 aliphatic rings. The van der Waals surface area contributed by atoms with Gasteiger partial charge in [0.2, 0.25) is 0 Å². The summed E-state index contributed by atoms with van der Waals surface area (Å²) in [4.78, 5) is 36.7. The zero-order valence-electron chi connectivity index (χ0n) is 33.0. The molecule has 1 aliphatic heterocycles. The Morgan fingerprint density at radius 3 is 1.60 bits per heavy atom. The van der Waals surface area contributed by atoms with E-state index in [0.29, 0.717) is 12.8 Å². The molecule has 1 heterocycles. The van der Waals surface area contributed by atoms with Crippen LogP contribution in [0.25, 0.3) is 0 Å². The lowest BCUT2D eigenvalue weighted by Crippen LogP contribution is -2.60. The van der Waals surface area contributed by atoms with Crippen molar-refractivity contribution in [1.29, 1.82) is 0 Å². The van der Waals surface area contributed by atoms with Crippen LogP contribution in [-0.2, 0) is 33.3 Å². The Balaban J connectivity index is 2.41. The van der Waals surface area contributed by atoms with Crippen LogP contribution in [0, 0.1) is 0 Å². The molecule has 0 aromatic rings. The Labute approximate surface area is 319 Å². The molecule has 1 saturated heterocycles. The van der Waals surface area contributed by atoms with Crippen molar-refractivity contribution in [2.45, 2.75) is 211 Å². The Morgan fingerprint density at radius 1 is 0.585 bits per heavy atom. The minimum Gasteiger partial charge on any atom is -0.479 e. The molecular formula is C42H74O11. The second-order valence-electron chi connectivity index (χ2n) is 14.5. The van der Waals surface area contributed by atoms with E-state index in [1.54, 1.807) is 0 Å². The van der Waals surface area contributed by atoms with Crippen molar-refractivity contribution in [3.8, 4) is 0 Å². The number of aliphatic carboxylic acids is 1. The van der Waals surface area contributed by atoms with E-state index in [0.717, 1.165) is 64.2 Å². The van der Waals surface area contributed by atoms with Crippen LogP contribution in [-0.4, -0.2) is 88.4 Å². The van der Waals surface area contributed by atoms with Gasteiger partial charge in [-0.25, -0.2) is 4.79 Å². The van der Waals surface area contributed by atoms with Gasteiger partial charge in [-0.1, -0.05) is 141 Å². The molecule has 11 nitrogen and oxygen atoms in total. The van der Waals surface area contributed by atoms with Gasteiger partial charge in [-0.3, -0.25) is 9.59 Å². The molecule has 11 heteroatoms. The summed E-state index contributed by atoms with van der Waals surface area (Å²) in [5, 5.41) is 39.7. The third-order valence-electron chi connectivity index (χ3n) is 9.55. The minimum absolute atomic E-state index is 0.183. The summed E-state index contributed by atoms with van der Waals surface area (Å²) in [5.41, 5.74) is 0. The number of unbranched alkanes of at least 4 members (excludes halogenated alkanes) is 19. The Morgan fingerprint density at radius 2 is 1.06 bits per heavy atom. The van der Waals surface area contributed by atoms with E-state index in [4.69, 9.17) is 18.9 Å². The van der Waals surface area contributed by atoms with Crippen LogP contribution in [0.5, 0.6) is 0 Å². The highest BCUT2D eigenvalue weighted by atomic mass is 16.7. The maximum absolute atomic E-state index is 12.7. The van der Waals surface area contributed by atoms with Gasteiger partial charge in [-0.2, -0.15) is 0 Å². The van der Waals surface area contributed by atoms with E-state index in [2.05, 4.69) is 38.2 Å². The van der Waals surface area contributed by atoms with Crippen LogP contribution in [0.2, 0.25) is 0 Å². The molecule has 0 bridgehead atoms. The fourth-order valence-electron chi connectivity index (χ4n) is 6.20. The number of hydrogen-bond donors (Lipinski definition) is 4. The van der Waals surface area contributed by atoms with Crippen molar-refractivity contribution in [2.75, 3.05) is 13.2 Å². The smallest absolute Gasteiger partial charge is 0.335 e. The molecular weight excluding hydrogens is 680 g/mol. The molecule has 0 radical (unpaired) electrons. The van der Waals surface area contributed by atoms with E-state index in [1.807, 2.05) is 0 Å². The summed E-state index contributed by atoms with van der Waals surface area (Å²) in [6.07, 6.45) is 25.2. The number of esters is 2. The zero-order valence-corrected chi connectivity index (χ0v) is 33.0. The Hall–Kier alpha value is -2.31. The normalized spacial score (nSPS) is 21.0. The summed E-state index contributed by atoms with van der Waals surface area (Å²) < 4.78 is 21.7. The van der Waals surface area contributed by atoms with Gasteiger partial charge in [0.25, 0.3) is 0 Å². The predicted molar refractivity (Wildman–Crippen MR) is 206 cm³/mol. The number of rotatable bonds is 34. The number of aliphatic hydroxyl groups is 3. The summed E-state index contributed by atoms with van der Waals surface area (Å²) in [6.45, 7) is 3.76. The molecule has 4 N–H and O–H groups in total. The van der Waals surface area contributed by atoms with E-state index >= 15 is 0 Å². The topological polar surface area (TPSA) is 169 Å². The SMILES string of the molecule is CCCCC/C=C\C/C=C\CCCCCCCC(=O)OCC(COC1OC(C(=O)O)C(O)C(O)C1O)OC(=O)CCCCCCCCCCCCCC. The molecule has 0 spiro atoms.